The molecular weight excluding hydrogens is 220 g/mol. The molecule has 0 saturated heterocycles. The highest BCUT2D eigenvalue weighted by Gasteiger charge is 2.25. The Morgan fingerprint density at radius 2 is 2.00 bits per heavy atom. The van der Waals surface area contributed by atoms with Gasteiger partial charge in [-0.05, 0) is 38.9 Å². The van der Waals surface area contributed by atoms with E-state index in [0.717, 1.165) is 38.0 Å². The van der Waals surface area contributed by atoms with E-state index in [1.807, 2.05) is 6.26 Å². The van der Waals surface area contributed by atoms with E-state index in [0.29, 0.717) is 24.4 Å². The third-order valence-electron chi connectivity index (χ3n) is 3.36. The summed E-state index contributed by atoms with van der Waals surface area (Å²) in [4.78, 5) is 14.1. The first-order valence-electron chi connectivity index (χ1n) is 6.23. The average Bonchev–Trinajstić information content (AvgIpc) is 2.30. The van der Waals surface area contributed by atoms with Crippen LogP contribution >= 0.6 is 11.8 Å². The largest absolute Gasteiger partial charge is 0.340 e. The van der Waals surface area contributed by atoms with Gasteiger partial charge in [0.15, 0.2) is 0 Å². The molecule has 16 heavy (non-hydrogen) atoms. The Morgan fingerprint density at radius 1 is 1.38 bits per heavy atom. The van der Waals surface area contributed by atoms with Gasteiger partial charge >= 0.3 is 0 Å². The van der Waals surface area contributed by atoms with E-state index >= 15 is 0 Å². The van der Waals surface area contributed by atoms with Gasteiger partial charge in [-0.1, -0.05) is 0 Å². The van der Waals surface area contributed by atoms with Crippen LogP contribution in [0.2, 0.25) is 0 Å². The Bertz CT molecular complexity index is 215. The van der Waals surface area contributed by atoms with Crippen LogP contribution in [0.5, 0.6) is 0 Å². The number of hydrogen-bond donors (Lipinski definition) is 1. The van der Waals surface area contributed by atoms with Crippen LogP contribution in [0.4, 0.5) is 0 Å². The molecule has 0 aromatic heterocycles. The van der Waals surface area contributed by atoms with Crippen LogP contribution in [0.25, 0.3) is 0 Å². The summed E-state index contributed by atoms with van der Waals surface area (Å²) in [5.74, 6) is 1.25. The van der Waals surface area contributed by atoms with Crippen molar-refractivity contribution in [1.29, 1.82) is 0 Å². The summed E-state index contributed by atoms with van der Waals surface area (Å²) >= 11 is 1.74. The van der Waals surface area contributed by atoms with Gasteiger partial charge in [-0.3, -0.25) is 4.79 Å². The van der Waals surface area contributed by atoms with E-state index in [-0.39, 0.29) is 0 Å². The molecule has 1 aliphatic carbocycles. The maximum absolute atomic E-state index is 12.0. The summed E-state index contributed by atoms with van der Waals surface area (Å²) in [5.41, 5.74) is 5.89. The second kappa shape index (κ2) is 7.17. The van der Waals surface area contributed by atoms with E-state index in [1.54, 1.807) is 11.8 Å². The van der Waals surface area contributed by atoms with Crippen molar-refractivity contribution < 1.29 is 4.79 Å². The lowest BCUT2D eigenvalue weighted by atomic mass is 9.90. The predicted octanol–water partition coefficient (Wildman–Crippen LogP) is 1.86. The zero-order chi connectivity index (χ0) is 12.0. The standard InChI is InChI=1S/C12H24N2OS/c1-3-14(12(15)8-9-16-2)11-6-4-10(13)5-7-11/h10-11H,3-9,13H2,1-2H3. The van der Waals surface area contributed by atoms with Crippen LogP contribution in [0, 0.1) is 0 Å². The topological polar surface area (TPSA) is 46.3 Å². The molecule has 0 spiro atoms. The first kappa shape index (κ1) is 13.8. The summed E-state index contributed by atoms with van der Waals surface area (Å²) in [6.07, 6.45) is 7.02. The predicted molar refractivity (Wildman–Crippen MR) is 70.6 cm³/mol. The van der Waals surface area contributed by atoms with Gasteiger partial charge in [-0.2, -0.15) is 11.8 Å². The van der Waals surface area contributed by atoms with Crippen LogP contribution in [0.1, 0.15) is 39.0 Å². The SMILES string of the molecule is CCN(C(=O)CCSC)C1CCC(N)CC1. The highest BCUT2D eigenvalue weighted by Crippen LogP contribution is 2.22. The fourth-order valence-corrected chi connectivity index (χ4v) is 2.76. The molecule has 0 bridgehead atoms. The average molecular weight is 244 g/mol. The van der Waals surface area contributed by atoms with Gasteiger partial charge in [-0.25, -0.2) is 0 Å². The van der Waals surface area contributed by atoms with Crippen molar-refractivity contribution in [2.45, 2.75) is 51.1 Å². The zero-order valence-electron chi connectivity index (χ0n) is 10.4. The monoisotopic (exact) mass is 244 g/mol. The number of carbonyl (C=O) groups excluding carboxylic acids is 1. The molecule has 1 amide bonds. The third kappa shape index (κ3) is 3.98. The molecule has 1 saturated carbocycles. The van der Waals surface area contributed by atoms with Crippen LogP contribution in [-0.2, 0) is 4.79 Å². The maximum Gasteiger partial charge on any atom is 0.223 e. The van der Waals surface area contributed by atoms with Gasteiger partial charge < -0.3 is 10.6 Å². The van der Waals surface area contributed by atoms with Gasteiger partial charge in [0.1, 0.15) is 0 Å². The fraction of sp³-hybridized carbons (Fsp3) is 0.917. The number of thioether (sulfide) groups is 1. The molecule has 0 aromatic carbocycles. The van der Waals surface area contributed by atoms with Crippen LogP contribution in [0.3, 0.4) is 0 Å². The molecule has 0 aliphatic heterocycles. The normalized spacial score (nSPS) is 25.4. The molecule has 1 aliphatic rings. The molecule has 0 atom stereocenters. The molecule has 0 radical (unpaired) electrons. The molecule has 1 fully saturated rings. The van der Waals surface area contributed by atoms with Crippen molar-refractivity contribution in [3.8, 4) is 0 Å². The van der Waals surface area contributed by atoms with Crippen LogP contribution in [-0.4, -0.2) is 41.4 Å². The molecule has 1 rings (SSSR count). The minimum atomic E-state index is 0.317. The maximum atomic E-state index is 12.0. The van der Waals surface area contributed by atoms with Gasteiger partial charge in [0.05, 0.1) is 0 Å². The number of amides is 1. The smallest absolute Gasteiger partial charge is 0.223 e. The Balaban J connectivity index is 2.43. The van der Waals surface area contributed by atoms with Crippen molar-refractivity contribution in [2.24, 2.45) is 5.73 Å². The Morgan fingerprint density at radius 3 is 2.50 bits per heavy atom. The highest BCUT2D eigenvalue weighted by molar-refractivity contribution is 7.98. The van der Waals surface area contributed by atoms with Crippen molar-refractivity contribution in [2.75, 3.05) is 18.6 Å². The molecule has 94 valence electrons. The van der Waals surface area contributed by atoms with E-state index < -0.39 is 0 Å². The third-order valence-corrected chi connectivity index (χ3v) is 3.98. The molecule has 3 nitrogen and oxygen atoms in total. The Kier molecular flexibility index (Phi) is 6.21. The molecule has 0 heterocycles. The molecular formula is C12H24N2OS. The summed E-state index contributed by atoms with van der Waals surface area (Å²) in [6, 6.07) is 0.801. The quantitative estimate of drug-likeness (QED) is 0.803. The number of nitrogens with two attached hydrogens (primary N) is 1. The Hall–Kier alpha value is -0.220. The highest BCUT2D eigenvalue weighted by atomic mass is 32.2. The lowest BCUT2D eigenvalue weighted by molar-refractivity contribution is -0.133. The van der Waals surface area contributed by atoms with Gasteiger partial charge in [0.2, 0.25) is 5.91 Å². The van der Waals surface area contributed by atoms with Crippen molar-refractivity contribution >= 4 is 17.7 Å². The van der Waals surface area contributed by atoms with E-state index in [1.165, 1.54) is 0 Å². The van der Waals surface area contributed by atoms with Crippen molar-refractivity contribution in [3.05, 3.63) is 0 Å². The number of hydrogen-bond acceptors (Lipinski definition) is 3. The summed E-state index contributed by atoms with van der Waals surface area (Å²) in [6.45, 7) is 2.92. The first-order chi connectivity index (χ1) is 7.69. The number of nitrogens with zero attached hydrogens (tertiary/aromatic N) is 1. The second-order valence-corrected chi connectivity index (χ2v) is 5.48. The summed E-state index contributed by atoms with van der Waals surface area (Å²) < 4.78 is 0. The zero-order valence-corrected chi connectivity index (χ0v) is 11.3. The van der Waals surface area contributed by atoms with Crippen LogP contribution in [0.15, 0.2) is 0 Å². The minimum absolute atomic E-state index is 0.317. The second-order valence-electron chi connectivity index (χ2n) is 4.49. The number of carbonyl (C=O) groups is 1. The fourth-order valence-electron chi connectivity index (χ4n) is 2.38. The van der Waals surface area contributed by atoms with Crippen molar-refractivity contribution in [1.82, 2.24) is 4.90 Å². The van der Waals surface area contributed by atoms with Gasteiger partial charge in [0.25, 0.3) is 0 Å². The minimum Gasteiger partial charge on any atom is -0.340 e. The molecule has 0 unspecified atom stereocenters. The van der Waals surface area contributed by atoms with Crippen molar-refractivity contribution in [3.63, 3.8) is 0 Å². The number of rotatable bonds is 5. The van der Waals surface area contributed by atoms with E-state index in [2.05, 4.69) is 11.8 Å². The molecule has 4 heteroatoms. The molecule has 2 N–H and O–H groups in total. The van der Waals surface area contributed by atoms with E-state index in [9.17, 15) is 4.79 Å². The lowest BCUT2D eigenvalue weighted by Gasteiger charge is -2.35. The first-order valence-corrected chi connectivity index (χ1v) is 7.62. The summed E-state index contributed by atoms with van der Waals surface area (Å²) in [7, 11) is 0. The van der Waals surface area contributed by atoms with Gasteiger partial charge in [-0.15, -0.1) is 0 Å². The Labute approximate surface area is 103 Å². The lowest BCUT2D eigenvalue weighted by Crippen LogP contribution is -2.44. The summed E-state index contributed by atoms with van der Waals surface area (Å²) in [5, 5.41) is 0. The van der Waals surface area contributed by atoms with E-state index in [4.69, 9.17) is 5.73 Å². The molecule has 0 aromatic rings. The van der Waals surface area contributed by atoms with Gasteiger partial charge in [0, 0.05) is 30.8 Å². The van der Waals surface area contributed by atoms with Crippen LogP contribution < -0.4 is 5.73 Å².